The van der Waals surface area contributed by atoms with Gasteiger partial charge >= 0.3 is 0 Å². The monoisotopic (exact) mass is 390 g/mol. The van der Waals surface area contributed by atoms with Crippen molar-refractivity contribution in [2.45, 2.75) is 38.0 Å². The topological polar surface area (TPSA) is 62.0 Å². The third-order valence-electron chi connectivity index (χ3n) is 4.71. The summed E-state index contributed by atoms with van der Waals surface area (Å²) in [5.41, 5.74) is 3.60. The molecular formula is C20H23ClN2O2S. The lowest BCUT2D eigenvalue weighted by Crippen LogP contribution is -2.37. The number of aryl methyl sites for hydroxylation is 2. The summed E-state index contributed by atoms with van der Waals surface area (Å²) in [5, 5.41) is 1.68. The highest BCUT2D eigenvalue weighted by Crippen LogP contribution is 2.33. The number of aromatic nitrogens is 1. The number of aromatic amines is 1. The Bertz CT molecular complexity index is 1070. The predicted molar refractivity (Wildman–Crippen MR) is 107 cm³/mol. The third kappa shape index (κ3) is 3.52. The molecule has 0 saturated carbocycles. The molecular weight excluding hydrogens is 368 g/mol. The van der Waals surface area contributed by atoms with Gasteiger partial charge in [-0.3, -0.25) is 0 Å². The Morgan fingerprint density at radius 3 is 2.50 bits per heavy atom. The normalized spacial score (nSPS) is 12.7. The molecule has 0 unspecified atom stereocenters. The average molecular weight is 391 g/mol. The molecule has 0 aliphatic heterocycles. The molecule has 4 nitrogen and oxygen atoms in total. The molecule has 0 amide bonds. The van der Waals surface area contributed by atoms with E-state index in [4.69, 9.17) is 11.6 Å². The van der Waals surface area contributed by atoms with Gasteiger partial charge in [-0.1, -0.05) is 43.6 Å². The fourth-order valence-electron chi connectivity index (χ4n) is 3.38. The summed E-state index contributed by atoms with van der Waals surface area (Å²) in [7, 11) is -3.61. The molecule has 2 aromatic carbocycles. The minimum atomic E-state index is -3.61. The molecule has 0 aliphatic rings. The zero-order chi connectivity index (χ0) is 19.1. The molecule has 1 heterocycles. The smallest absolute Gasteiger partial charge is 0.240 e. The van der Waals surface area contributed by atoms with E-state index < -0.39 is 10.0 Å². The molecule has 0 bridgehead atoms. The largest absolute Gasteiger partial charge is 0.358 e. The van der Waals surface area contributed by atoms with Crippen LogP contribution in [-0.4, -0.2) is 19.9 Å². The molecule has 1 aromatic heterocycles. The van der Waals surface area contributed by atoms with Crippen LogP contribution in [0.1, 0.15) is 30.7 Å². The molecule has 6 heteroatoms. The van der Waals surface area contributed by atoms with Gasteiger partial charge < -0.3 is 4.98 Å². The number of halogens is 1. The van der Waals surface area contributed by atoms with Crippen molar-refractivity contribution in [2.75, 3.05) is 6.54 Å². The van der Waals surface area contributed by atoms with E-state index in [-0.39, 0.29) is 10.3 Å². The Morgan fingerprint density at radius 1 is 1.12 bits per heavy atom. The number of nitrogens with one attached hydrogen (secondary N) is 2. The predicted octanol–water partition coefficient (Wildman–Crippen LogP) is 4.69. The molecule has 2 N–H and O–H groups in total. The molecule has 3 aromatic rings. The number of H-pyrrole nitrogens is 1. The van der Waals surface area contributed by atoms with Crippen LogP contribution in [0.4, 0.5) is 0 Å². The Kier molecular flexibility index (Phi) is 4.90. The van der Waals surface area contributed by atoms with Crippen LogP contribution in [0.5, 0.6) is 0 Å². The van der Waals surface area contributed by atoms with E-state index in [1.165, 1.54) is 6.07 Å². The molecule has 0 radical (unpaired) electrons. The number of rotatable bonds is 5. The molecule has 0 spiro atoms. The van der Waals surface area contributed by atoms with Crippen molar-refractivity contribution in [3.05, 3.63) is 64.3 Å². The summed E-state index contributed by atoms with van der Waals surface area (Å²) >= 11 is 6.00. The first-order valence-corrected chi connectivity index (χ1v) is 10.3. The van der Waals surface area contributed by atoms with Gasteiger partial charge in [0.15, 0.2) is 0 Å². The van der Waals surface area contributed by atoms with Gasteiger partial charge in [0.05, 0.1) is 4.90 Å². The lowest BCUT2D eigenvalue weighted by molar-refractivity contribution is 0.502. The third-order valence-corrected chi connectivity index (χ3v) is 6.54. The van der Waals surface area contributed by atoms with Crippen molar-refractivity contribution in [3.8, 4) is 0 Å². The lowest BCUT2D eigenvalue weighted by Gasteiger charge is -2.26. The number of hydrogen-bond acceptors (Lipinski definition) is 2. The standard InChI is InChI=1S/C20H23ClN2O2S/c1-13-11-15(9-10-17(13)21)26(24,25)22-12-20(3,4)19-14(2)23-18-8-6-5-7-16(18)19/h5-11,22-23H,12H2,1-4H3. The summed E-state index contributed by atoms with van der Waals surface area (Å²) in [6, 6.07) is 12.8. The maximum atomic E-state index is 12.7. The second kappa shape index (κ2) is 6.72. The molecule has 0 fully saturated rings. The van der Waals surface area contributed by atoms with Gasteiger partial charge in [0.25, 0.3) is 0 Å². The van der Waals surface area contributed by atoms with Gasteiger partial charge in [-0.25, -0.2) is 13.1 Å². The van der Waals surface area contributed by atoms with Crippen molar-refractivity contribution in [2.24, 2.45) is 0 Å². The molecule has 0 saturated heterocycles. The molecule has 0 aliphatic carbocycles. The zero-order valence-corrected chi connectivity index (χ0v) is 16.9. The maximum Gasteiger partial charge on any atom is 0.240 e. The number of para-hydroxylation sites is 1. The number of fused-ring (bicyclic) bond motifs is 1. The molecule has 3 rings (SSSR count). The fraction of sp³-hybridized carbons (Fsp3) is 0.300. The van der Waals surface area contributed by atoms with Crippen LogP contribution in [0.2, 0.25) is 5.02 Å². The highest BCUT2D eigenvalue weighted by Gasteiger charge is 2.28. The summed E-state index contributed by atoms with van der Waals surface area (Å²) < 4.78 is 28.2. The lowest BCUT2D eigenvalue weighted by atomic mass is 9.83. The maximum absolute atomic E-state index is 12.7. The van der Waals surface area contributed by atoms with Crippen LogP contribution in [0.15, 0.2) is 47.4 Å². The van der Waals surface area contributed by atoms with Crippen LogP contribution in [-0.2, 0) is 15.4 Å². The minimum Gasteiger partial charge on any atom is -0.358 e. The molecule has 26 heavy (non-hydrogen) atoms. The van der Waals surface area contributed by atoms with Gasteiger partial charge in [0.2, 0.25) is 10.0 Å². The fourth-order valence-corrected chi connectivity index (χ4v) is 4.79. The van der Waals surface area contributed by atoms with E-state index in [2.05, 4.69) is 15.8 Å². The van der Waals surface area contributed by atoms with E-state index in [9.17, 15) is 8.42 Å². The van der Waals surface area contributed by atoms with Crippen LogP contribution in [0.25, 0.3) is 10.9 Å². The number of hydrogen-bond donors (Lipinski definition) is 2. The van der Waals surface area contributed by atoms with E-state index in [1.807, 2.05) is 39.0 Å². The Balaban J connectivity index is 1.89. The second-order valence-corrected chi connectivity index (χ2v) is 9.46. The highest BCUT2D eigenvalue weighted by atomic mass is 35.5. The van der Waals surface area contributed by atoms with E-state index >= 15 is 0 Å². The highest BCUT2D eigenvalue weighted by molar-refractivity contribution is 7.89. The van der Waals surface area contributed by atoms with E-state index in [1.54, 1.807) is 19.1 Å². The van der Waals surface area contributed by atoms with Gasteiger partial charge in [0, 0.05) is 33.6 Å². The summed E-state index contributed by atoms with van der Waals surface area (Å²) in [6.07, 6.45) is 0. The van der Waals surface area contributed by atoms with Crippen molar-refractivity contribution in [1.29, 1.82) is 0 Å². The quantitative estimate of drug-likeness (QED) is 0.663. The minimum absolute atomic E-state index is 0.228. The van der Waals surface area contributed by atoms with Crippen LogP contribution >= 0.6 is 11.6 Å². The Labute approximate surface area is 159 Å². The summed E-state index contributed by atoms with van der Waals surface area (Å²) in [5.74, 6) is 0. The number of sulfonamides is 1. The van der Waals surface area contributed by atoms with Crippen molar-refractivity contribution in [3.63, 3.8) is 0 Å². The Morgan fingerprint density at radius 2 is 1.81 bits per heavy atom. The Hall–Kier alpha value is -1.82. The first-order chi connectivity index (χ1) is 12.1. The van der Waals surface area contributed by atoms with Crippen LogP contribution in [0, 0.1) is 13.8 Å². The summed E-state index contributed by atoms with van der Waals surface area (Å²) in [4.78, 5) is 3.61. The van der Waals surface area contributed by atoms with Gasteiger partial charge in [-0.2, -0.15) is 0 Å². The average Bonchev–Trinajstić information content (AvgIpc) is 2.92. The van der Waals surface area contributed by atoms with Gasteiger partial charge in [-0.15, -0.1) is 0 Å². The molecule has 0 atom stereocenters. The van der Waals surface area contributed by atoms with Crippen molar-refractivity contribution < 1.29 is 8.42 Å². The van der Waals surface area contributed by atoms with Gasteiger partial charge in [-0.05, 0) is 49.2 Å². The van der Waals surface area contributed by atoms with Crippen LogP contribution in [0.3, 0.4) is 0 Å². The van der Waals surface area contributed by atoms with Crippen LogP contribution < -0.4 is 4.72 Å². The molecule has 138 valence electrons. The van der Waals surface area contributed by atoms with E-state index in [0.29, 0.717) is 11.6 Å². The number of benzene rings is 2. The second-order valence-electron chi connectivity index (χ2n) is 7.29. The zero-order valence-electron chi connectivity index (χ0n) is 15.4. The van der Waals surface area contributed by atoms with Crippen molar-refractivity contribution in [1.82, 2.24) is 9.71 Å². The first kappa shape index (κ1) is 19.0. The SMILES string of the molecule is Cc1cc(S(=O)(=O)NCC(C)(C)c2c(C)[nH]c3ccccc23)ccc1Cl. The van der Waals surface area contributed by atoms with E-state index in [0.717, 1.165) is 27.7 Å². The van der Waals surface area contributed by atoms with Gasteiger partial charge in [0.1, 0.15) is 0 Å². The first-order valence-electron chi connectivity index (χ1n) is 8.45. The summed E-state index contributed by atoms with van der Waals surface area (Å²) in [6.45, 7) is 8.20. The van der Waals surface area contributed by atoms with Crippen molar-refractivity contribution >= 4 is 32.5 Å².